The fourth-order valence-electron chi connectivity index (χ4n) is 1.98. The first-order valence-electron chi connectivity index (χ1n) is 6.73. The summed E-state index contributed by atoms with van der Waals surface area (Å²) in [5.41, 5.74) is 0.955. The molecule has 1 saturated heterocycles. The van der Waals surface area contributed by atoms with Crippen molar-refractivity contribution in [3.63, 3.8) is 0 Å². The van der Waals surface area contributed by atoms with Gasteiger partial charge in [0.1, 0.15) is 11.6 Å². The molecule has 2 rings (SSSR count). The van der Waals surface area contributed by atoms with Crippen LogP contribution in [0.3, 0.4) is 0 Å². The van der Waals surface area contributed by atoms with Crippen molar-refractivity contribution in [2.24, 2.45) is 0 Å². The predicted octanol–water partition coefficient (Wildman–Crippen LogP) is 0.879. The van der Waals surface area contributed by atoms with Crippen LogP contribution in [0, 0.1) is 13.8 Å². The lowest BCUT2D eigenvalue weighted by molar-refractivity contribution is -0.130. The number of amides is 4. The minimum Gasteiger partial charge on any atom is -0.345 e. The zero-order valence-corrected chi connectivity index (χ0v) is 13.0. The average Bonchev–Trinajstić information content (AvgIpc) is 2.93. The van der Waals surface area contributed by atoms with Crippen LogP contribution < -0.4 is 10.6 Å². The maximum absolute atomic E-state index is 12.0. The molecule has 1 aromatic heterocycles. The molecule has 1 aliphatic rings. The average molecular weight is 310 g/mol. The van der Waals surface area contributed by atoms with E-state index in [1.807, 2.05) is 20.8 Å². The van der Waals surface area contributed by atoms with Crippen molar-refractivity contribution in [3.8, 4) is 0 Å². The summed E-state index contributed by atoms with van der Waals surface area (Å²) in [5, 5.41) is 6.05. The highest BCUT2D eigenvalue weighted by molar-refractivity contribution is 7.11. The van der Waals surface area contributed by atoms with Crippen LogP contribution in [0.5, 0.6) is 0 Å². The minimum atomic E-state index is -0.524. The summed E-state index contributed by atoms with van der Waals surface area (Å²) in [5.74, 6) is -0.748. The summed E-state index contributed by atoms with van der Waals surface area (Å²) in [6, 6.07) is -0.722. The number of aromatic nitrogens is 1. The number of carbonyl (C=O) groups excluding carboxylic acids is 3. The third-order valence-corrected chi connectivity index (χ3v) is 4.51. The second-order valence-corrected chi connectivity index (χ2v) is 6.10. The lowest BCUT2D eigenvalue weighted by Crippen LogP contribution is -2.41. The van der Waals surface area contributed by atoms with Crippen molar-refractivity contribution in [1.29, 1.82) is 0 Å². The van der Waals surface area contributed by atoms with Gasteiger partial charge in [0.05, 0.1) is 18.3 Å². The van der Waals surface area contributed by atoms with E-state index in [1.54, 1.807) is 11.3 Å². The Morgan fingerprint density at radius 1 is 1.48 bits per heavy atom. The van der Waals surface area contributed by atoms with E-state index in [4.69, 9.17) is 0 Å². The Morgan fingerprint density at radius 2 is 2.19 bits per heavy atom. The summed E-state index contributed by atoms with van der Waals surface area (Å²) >= 11 is 1.55. The SMILES string of the molecule is CC[C@H](NC(=O)CN1C(=O)CNC1=O)c1nc(C)c(C)s1. The van der Waals surface area contributed by atoms with Crippen LogP contribution in [0.2, 0.25) is 0 Å². The third kappa shape index (κ3) is 3.38. The van der Waals surface area contributed by atoms with E-state index >= 15 is 0 Å². The Hall–Kier alpha value is -1.96. The molecule has 1 aromatic rings. The Balaban J connectivity index is 2.00. The number of hydrogen-bond acceptors (Lipinski definition) is 5. The molecule has 2 N–H and O–H groups in total. The van der Waals surface area contributed by atoms with Gasteiger partial charge in [-0.2, -0.15) is 0 Å². The molecule has 21 heavy (non-hydrogen) atoms. The minimum absolute atomic E-state index is 0.0474. The molecule has 0 radical (unpaired) electrons. The molecule has 4 amide bonds. The van der Waals surface area contributed by atoms with Gasteiger partial charge >= 0.3 is 6.03 Å². The van der Waals surface area contributed by atoms with E-state index < -0.39 is 6.03 Å². The van der Waals surface area contributed by atoms with Gasteiger partial charge in [-0.3, -0.25) is 14.5 Å². The van der Waals surface area contributed by atoms with Crippen molar-refractivity contribution in [2.75, 3.05) is 13.1 Å². The molecular weight excluding hydrogens is 292 g/mol. The van der Waals surface area contributed by atoms with E-state index in [0.29, 0.717) is 6.42 Å². The van der Waals surface area contributed by atoms with Crippen LogP contribution in [-0.2, 0) is 9.59 Å². The van der Waals surface area contributed by atoms with E-state index in [9.17, 15) is 14.4 Å². The Bertz CT molecular complexity index is 548. The smallest absolute Gasteiger partial charge is 0.325 e. The number of rotatable bonds is 5. The normalized spacial score (nSPS) is 16.0. The van der Waals surface area contributed by atoms with Gasteiger partial charge in [0.25, 0.3) is 5.91 Å². The highest BCUT2D eigenvalue weighted by Crippen LogP contribution is 2.24. The lowest BCUT2D eigenvalue weighted by Gasteiger charge is -2.17. The van der Waals surface area contributed by atoms with Gasteiger partial charge in [-0.25, -0.2) is 9.78 Å². The second kappa shape index (κ2) is 6.21. The number of hydrogen-bond donors (Lipinski definition) is 2. The van der Waals surface area contributed by atoms with Crippen LogP contribution in [0.15, 0.2) is 0 Å². The Morgan fingerprint density at radius 3 is 2.67 bits per heavy atom. The number of urea groups is 1. The molecule has 0 bridgehead atoms. The summed E-state index contributed by atoms with van der Waals surface area (Å²) < 4.78 is 0. The number of aryl methyl sites for hydroxylation is 2. The lowest BCUT2D eigenvalue weighted by atomic mass is 10.2. The number of thiazole rings is 1. The highest BCUT2D eigenvalue weighted by Gasteiger charge is 2.30. The summed E-state index contributed by atoms with van der Waals surface area (Å²) in [7, 11) is 0. The molecule has 114 valence electrons. The molecule has 0 unspecified atom stereocenters. The first-order valence-corrected chi connectivity index (χ1v) is 7.55. The van der Waals surface area contributed by atoms with Gasteiger partial charge < -0.3 is 10.6 Å². The van der Waals surface area contributed by atoms with Gasteiger partial charge in [-0.15, -0.1) is 11.3 Å². The van der Waals surface area contributed by atoms with Crippen molar-refractivity contribution in [2.45, 2.75) is 33.2 Å². The number of nitrogens with zero attached hydrogens (tertiary/aromatic N) is 2. The zero-order chi connectivity index (χ0) is 15.6. The van der Waals surface area contributed by atoms with Gasteiger partial charge in [-0.05, 0) is 20.3 Å². The summed E-state index contributed by atoms with van der Waals surface area (Å²) in [4.78, 5) is 41.3. The molecule has 0 aromatic carbocycles. The van der Waals surface area contributed by atoms with E-state index in [0.717, 1.165) is 20.5 Å². The fraction of sp³-hybridized carbons (Fsp3) is 0.538. The van der Waals surface area contributed by atoms with Gasteiger partial charge in [0.15, 0.2) is 0 Å². The molecule has 1 aliphatic heterocycles. The van der Waals surface area contributed by atoms with Crippen LogP contribution in [-0.4, -0.2) is 40.8 Å². The molecule has 2 heterocycles. The maximum Gasteiger partial charge on any atom is 0.325 e. The van der Waals surface area contributed by atoms with Crippen molar-refractivity contribution in [3.05, 3.63) is 15.6 Å². The molecule has 1 atom stereocenters. The molecule has 0 aliphatic carbocycles. The zero-order valence-electron chi connectivity index (χ0n) is 12.2. The molecule has 8 heteroatoms. The van der Waals surface area contributed by atoms with E-state index in [1.165, 1.54) is 0 Å². The quantitative estimate of drug-likeness (QED) is 0.790. The van der Waals surface area contributed by atoms with Crippen LogP contribution in [0.4, 0.5) is 4.79 Å². The largest absolute Gasteiger partial charge is 0.345 e. The van der Waals surface area contributed by atoms with E-state index in [-0.39, 0.29) is 30.9 Å². The fourth-order valence-corrected chi connectivity index (χ4v) is 3.04. The Kier molecular flexibility index (Phi) is 4.56. The van der Waals surface area contributed by atoms with Crippen molar-refractivity contribution >= 4 is 29.2 Å². The predicted molar refractivity (Wildman–Crippen MR) is 77.9 cm³/mol. The molecule has 0 spiro atoms. The summed E-state index contributed by atoms with van der Waals surface area (Å²) in [6.45, 7) is 5.55. The van der Waals surface area contributed by atoms with Gasteiger partial charge in [-0.1, -0.05) is 6.92 Å². The standard InChI is InChI=1S/C13H18N4O3S/c1-4-9(12-15-7(2)8(3)21-12)16-10(18)6-17-11(19)5-14-13(17)20/h9H,4-6H2,1-3H3,(H,14,20)(H,16,18)/t9-/m0/s1. The van der Waals surface area contributed by atoms with E-state index in [2.05, 4.69) is 15.6 Å². The first-order chi connectivity index (χ1) is 9.92. The molecular formula is C13H18N4O3S. The van der Waals surface area contributed by atoms with Crippen LogP contribution in [0.25, 0.3) is 0 Å². The monoisotopic (exact) mass is 310 g/mol. The van der Waals surface area contributed by atoms with Crippen LogP contribution >= 0.6 is 11.3 Å². The van der Waals surface area contributed by atoms with Gasteiger partial charge in [0.2, 0.25) is 5.91 Å². The second-order valence-electron chi connectivity index (χ2n) is 4.86. The Labute approximate surface area is 126 Å². The first kappa shape index (κ1) is 15.4. The van der Waals surface area contributed by atoms with Crippen LogP contribution in [0.1, 0.15) is 35.0 Å². The molecule has 0 saturated carbocycles. The number of nitrogens with one attached hydrogen (secondary N) is 2. The maximum atomic E-state index is 12.0. The number of imide groups is 1. The molecule has 7 nitrogen and oxygen atoms in total. The van der Waals surface area contributed by atoms with Crippen molar-refractivity contribution < 1.29 is 14.4 Å². The van der Waals surface area contributed by atoms with Crippen molar-refractivity contribution in [1.82, 2.24) is 20.5 Å². The third-order valence-electron chi connectivity index (χ3n) is 3.33. The molecule has 1 fully saturated rings. The number of carbonyl (C=O) groups is 3. The highest BCUT2D eigenvalue weighted by atomic mass is 32.1. The van der Waals surface area contributed by atoms with Gasteiger partial charge in [0, 0.05) is 4.88 Å². The summed E-state index contributed by atoms with van der Waals surface area (Å²) in [6.07, 6.45) is 0.693. The topological polar surface area (TPSA) is 91.4 Å².